The zero-order chi connectivity index (χ0) is 8.10. The molecule has 1 aromatic heterocycles. The van der Waals surface area contributed by atoms with Crippen LogP contribution in [0.15, 0.2) is 12.4 Å². The highest BCUT2D eigenvalue weighted by atomic mass is 35.5. The van der Waals surface area contributed by atoms with Crippen LogP contribution in [0.3, 0.4) is 0 Å². The van der Waals surface area contributed by atoms with E-state index in [1.54, 1.807) is 0 Å². The van der Waals surface area contributed by atoms with Crippen molar-refractivity contribution in [2.24, 2.45) is 0 Å². The topological polar surface area (TPSA) is 35.0 Å². The van der Waals surface area contributed by atoms with Gasteiger partial charge in [-0.1, -0.05) is 18.5 Å². The van der Waals surface area contributed by atoms with Crippen molar-refractivity contribution in [1.82, 2.24) is 9.97 Å². The van der Waals surface area contributed by atoms with Gasteiger partial charge in [-0.3, -0.25) is 0 Å². The summed E-state index contributed by atoms with van der Waals surface area (Å²) in [6.45, 7) is 2.69. The number of aromatic nitrogens is 2. The summed E-state index contributed by atoms with van der Waals surface area (Å²) in [6.07, 6.45) is 3.94. The smallest absolute Gasteiger partial charge is 0.232 e. The Morgan fingerprint density at radius 1 is 1.45 bits per heavy atom. The quantitative estimate of drug-likeness (QED) is 0.699. The third-order valence-corrected chi connectivity index (χ3v) is 1.25. The standard InChI is InChI=1S/C7H9ClN2O/c1-2-3-11-7-5-9-6(8)4-10-7/h4-5H,2-3H2,1H3. The molecular weight excluding hydrogens is 164 g/mol. The molecule has 0 radical (unpaired) electrons. The van der Waals surface area contributed by atoms with E-state index in [9.17, 15) is 0 Å². The minimum Gasteiger partial charge on any atom is -0.477 e. The lowest BCUT2D eigenvalue weighted by Crippen LogP contribution is -1.97. The van der Waals surface area contributed by atoms with Gasteiger partial charge in [0.15, 0.2) is 0 Å². The van der Waals surface area contributed by atoms with Crippen molar-refractivity contribution in [3.05, 3.63) is 17.5 Å². The van der Waals surface area contributed by atoms with Crippen LogP contribution in [0.2, 0.25) is 5.15 Å². The van der Waals surface area contributed by atoms with Gasteiger partial charge in [-0.15, -0.1) is 0 Å². The van der Waals surface area contributed by atoms with E-state index in [0.29, 0.717) is 17.6 Å². The first-order valence-corrected chi connectivity index (χ1v) is 3.81. The average molecular weight is 173 g/mol. The molecule has 4 heteroatoms. The van der Waals surface area contributed by atoms with Gasteiger partial charge >= 0.3 is 0 Å². The van der Waals surface area contributed by atoms with E-state index in [1.807, 2.05) is 6.92 Å². The molecule has 1 rings (SSSR count). The fraction of sp³-hybridized carbons (Fsp3) is 0.429. The van der Waals surface area contributed by atoms with Gasteiger partial charge in [0, 0.05) is 0 Å². The number of hydrogen-bond acceptors (Lipinski definition) is 3. The second-order valence-electron chi connectivity index (χ2n) is 2.03. The van der Waals surface area contributed by atoms with Crippen LogP contribution in [0.25, 0.3) is 0 Å². The molecule has 0 aliphatic rings. The molecule has 0 amide bonds. The first-order chi connectivity index (χ1) is 5.33. The molecule has 0 fully saturated rings. The maximum atomic E-state index is 5.52. The number of hydrogen-bond donors (Lipinski definition) is 0. The zero-order valence-corrected chi connectivity index (χ0v) is 7.01. The summed E-state index contributed by atoms with van der Waals surface area (Å²) in [4.78, 5) is 7.71. The summed E-state index contributed by atoms with van der Waals surface area (Å²) < 4.78 is 5.18. The molecule has 11 heavy (non-hydrogen) atoms. The van der Waals surface area contributed by atoms with Crippen LogP contribution in [-0.4, -0.2) is 16.6 Å². The van der Waals surface area contributed by atoms with E-state index < -0.39 is 0 Å². The van der Waals surface area contributed by atoms with Crippen molar-refractivity contribution in [2.75, 3.05) is 6.61 Å². The molecule has 0 bridgehead atoms. The Hall–Kier alpha value is -0.830. The van der Waals surface area contributed by atoms with Crippen LogP contribution in [0.1, 0.15) is 13.3 Å². The van der Waals surface area contributed by atoms with E-state index in [1.165, 1.54) is 12.4 Å². The summed E-state index contributed by atoms with van der Waals surface area (Å²) in [5.41, 5.74) is 0. The average Bonchev–Trinajstić information content (AvgIpc) is 2.04. The normalized spacial score (nSPS) is 9.64. The Bertz CT molecular complexity index is 212. The molecule has 1 aromatic rings. The molecule has 60 valence electrons. The molecule has 0 unspecified atom stereocenters. The fourth-order valence-corrected chi connectivity index (χ4v) is 0.679. The van der Waals surface area contributed by atoms with Gasteiger partial charge in [-0.05, 0) is 6.42 Å². The van der Waals surface area contributed by atoms with Crippen molar-refractivity contribution in [3.8, 4) is 5.88 Å². The first kappa shape index (κ1) is 8.27. The molecule has 0 atom stereocenters. The minimum absolute atomic E-state index is 0.383. The molecule has 0 aliphatic heterocycles. The van der Waals surface area contributed by atoms with Crippen LogP contribution < -0.4 is 4.74 Å². The van der Waals surface area contributed by atoms with Crippen LogP contribution in [-0.2, 0) is 0 Å². The largest absolute Gasteiger partial charge is 0.477 e. The maximum Gasteiger partial charge on any atom is 0.232 e. The van der Waals surface area contributed by atoms with Crippen molar-refractivity contribution >= 4 is 11.6 Å². The number of halogens is 1. The Balaban J connectivity index is 2.52. The second kappa shape index (κ2) is 4.13. The molecule has 1 heterocycles. The number of nitrogens with zero attached hydrogens (tertiary/aromatic N) is 2. The van der Waals surface area contributed by atoms with Gasteiger partial charge < -0.3 is 4.74 Å². The number of ether oxygens (including phenoxy) is 1. The van der Waals surface area contributed by atoms with Gasteiger partial charge in [0.2, 0.25) is 5.88 Å². The van der Waals surface area contributed by atoms with Crippen molar-refractivity contribution < 1.29 is 4.74 Å². The SMILES string of the molecule is CCCOc1cnc(Cl)cn1. The third-order valence-electron chi connectivity index (χ3n) is 1.05. The Morgan fingerprint density at radius 3 is 2.82 bits per heavy atom. The Kier molecular flexibility index (Phi) is 3.11. The Labute approximate surface area is 70.4 Å². The third kappa shape index (κ3) is 2.72. The van der Waals surface area contributed by atoms with Crippen LogP contribution in [0, 0.1) is 0 Å². The highest BCUT2D eigenvalue weighted by molar-refractivity contribution is 6.29. The van der Waals surface area contributed by atoms with Crippen LogP contribution in [0.4, 0.5) is 0 Å². The molecule has 0 aliphatic carbocycles. The maximum absolute atomic E-state index is 5.52. The van der Waals surface area contributed by atoms with Crippen molar-refractivity contribution in [1.29, 1.82) is 0 Å². The fourth-order valence-electron chi connectivity index (χ4n) is 0.582. The predicted octanol–water partition coefficient (Wildman–Crippen LogP) is 1.92. The first-order valence-electron chi connectivity index (χ1n) is 3.43. The molecular formula is C7H9ClN2O. The highest BCUT2D eigenvalue weighted by Gasteiger charge is 1.93. The minimum atomic E-state index is 0.383. The molecule has 0 N–H and O–H groups in total. The summed E-state index contributed by atoms with van der Waals surface area (Å²) >= 11 is 5.52. The monoisotopic (exact) mass is 172 g/mol. The summed E-state index contributed by atoms with van der Waals surface area (Å²) in [5.74, 6) is 0.524. The van der Waals surface area contributed by atoms with E-state index in [2.05, 4.69) is 9.97 Å². The van der Waals surface area contributed by atoms with E-state index >= 15 is 0 Å². The lowest BCUT2D eigenvalue weighted by molar-refractivity contribution is 0.304. The van der Waals surface area contributed by atoms with Gasteiger partial charge in [0.25, 0.3) is 0 Å². The molecule has 3 nitrogen and oxygen atoms in total. The summed E-state index contributed by atoms with van der Waals surface area (Å²) in [5, 5.41) is 0.383. The van der Waals surface area contributed by atoms with E-state index in [4.69, 9.17) is 16.3 Å². The predicted molar refractivity (Wildman–Crippen MR) is 42.8 cm³/mol. The van der Waals surface area contributed by atoms with Crippen molar-refractivity contribution in [2.45, 2.75) is 13.3 Å². The lowest BCUT2D eigenvalue weighted by atomic mass is 10.5. The van der Waals surface area contributed by atoms with Gasteiger partial charge in [-0.25, -0.2) is 9.97 Å². The van der Waals surface area contributed by atoms with Gasteiger partial charge in [-0.2, -0.15) is 0 Å². The number of rotatable bonds is 3. The summed E-state index contributed by atoms with van der Waals surface area (Å²) in [6, 6.07) is 0. The lowest BCUT2D eigenvalue weighted by Gasteiger charge is -2.00. The van der Waals surface area contributed by atoms with Crippen molar-refractivity contribution in [3.63, 3.8) is 0 Å². The van der Waals surface area contributed by atoms with Gasteiger partial charge in [0.1, 0.15) is 5.15 Å². The molecule has 0 aromatic carbocycles. The van der Waals surface area contributed by atoms with Crippen LogP contribution in [0.5, 0.6) is 5.88 Å². The zero-order valence-electron chi connectivity index (χ0n) is 6.25. The van der Waals surface area contributed by atoms with Crippen LogP contribution >= 0.6 is 11.6 Å². The molecule has 0 saturated carbocycles. The Morgan fingerprint density at radius 2 is 2.27 bits per heavy atom. The highest BCUT2D eigenvalue weighted by Crippen LogP contribution is 2.07. The summed E-state index contributed by atoms with van der Waals surface area (Å²) in [7, 11) is 0. The molecule has 0 saturated heterocycles. The van der Waals surface area contributed by atoms with E-state index in [0.717, 1.165) is 6.42 Å². The second-order valence-corrected chi connectivity index (χ2v) is 2.41. The van der Waals surface area contributed by atoms with E-state index in [-0.39, 0.29) is 0 Å². The molecule has 0 spiro atoms. The van der Waals surface area contributed by atoms with Gasteiger partial charge in [0.05, 0.1) is 19.0 Å².